The largest absolute Gasteiger partial charge is 0.473 e. The Hall–Kier alpha value is -1.56. The lowest BCUT2D eigenvalue weighted by atomic mass is 9.96. The third-order valence-corrected chi connectivity index (χ3v) is 2.22. The molecule has 0 atom stereocenters. The van der Waals surface area contributed by atoms with Crippen molar-refractivity contribution in [3.8, 4) is 11.9 Å². The average molecular weight is 174 g/mol. The van der Waals surface area contributed by atoms with Crippen LogP contribution in [-0.2, 0) is 0 Å². The first-order valence-corrected chi connectivity index (χ1v) is 4.42. The average Bonchev–Trinajstić information content (AvgIpc) is 2.12. The molecule has 66 valence electrons. The van der Waals surface area contributed by atoms with Crippen LogP contribution in [-0.4, -0.2) is 11.1 Å². The maximum Gasteiger partial charge on any atom is 0.231 e. The second kappa shape index (κ2) is 3.44. The molecule has 1 fully saturated rings. The molecule has 0 bridgehead atoms. The van der Waals surface area contributed by atoms with Gasteiger partial charge >= 0.3 is 0 Å². The second-order valence-corrected chi connectivity index (χ2v) is 3.14. The number of rotatable bonds is 2. The number of pyridine rings is 1. The van der Waals surface area contributed by atoms with Gasteiger partial charge in [0.05, 0.1) is 0 Å². The Kier molecular flexibility index (Phi) is 2.13. The summed E-state index contributed by atoms with van der Waals surface area (Å²) in [4.78, 5) is 4.03. The van der Waals surface area contributed by atoms with Gasteiger partial charge in [-0.25, -0.2) is 4.98 Å². The Morgan fingerprint density at radius 3 is 3.00 bits per heavy atom. The van der Waals surface area contributed by atoms with E-state index in [2.05, 4.69) is 11.1 Å². The predicted molar refractivity (Wildman–Crippen MR) is 47.2 cm³/mol. The number of ether oxygens (including phenoxy) is 1. The van der Waals surface area contributed by atoms with Gasteiger partial charge in [0.1, 0.15) is 17.7 Å². The SMILES string of the molecule is N#Cc1cccnc1OC1CCC1. The van der Waals surface area contributed by atoms with Gasteiger partial charge in [-0.1, -0.05) is 0 Å². The van der Waals surface area contributed by atoms with Crippen LogP contribution in [0.2, 0.25) is 0 Å². The topological polar surface area (TPSA) is 45.9 Å². The molecule has 1 aromatic heterocycles. The van der Waals surface area contributed by atoms with E-state index in [1.54, 1.807) is 18.3 Å². The molecule has 2 rings (SSSR count). The molecule has 0 amide bonds. The lowest BCUT2D eigenvalue weighted by Gasteiger charge is -2.25. The number of aromatic nitrogens is 1. The Bertz CT molecular complexity index is 339. The minimum atomic E-state index is 0.280. The van der Waals surface area contributed by atoms with E-state index in [9.17, 15) is 0 Å². The van der Waals surface area contributed by atoms with E-state index in [0.717, 1.165) is 12.8 Å². The van der Waals surface area contributed by atoms with Gasteiger partial charge in [0, 0.05) is 6.20 Å². The molecular weight excluding hydrogens is 164 g/mol. The first-order chi connectivity index (χ1) is 6.40. The molecule has 1 aliphatic rings. The summed E-state index contributed by atoms with van der Waals surface area (Å²) in [7, 11) is 0. The van der Waals surface area contributed by atoms with Crippen LogP contribution in [0, 0.1) is 11.3 Å². The molecule has 0 spiro atoms. The van der Waals surface area contributed by atoms with Crippen molar-refractivity contribution in [2.45, 2.75) is 25.4 Å². The van der Waals surface area contributed by atoms with Crippen LogP contribution >= 0.6 is 0 Å². The van der Waals surface area contributed by atoms with Crippen molar-refractivity contribution < 1.29 is 4.74 Å². The monoisotopic (exact) mass is 174 g/mol. The summed E-state index contributed by atoms with van der Waals surface area (Å²) in [5, 5.41) is 8.75. The summed E-state index contributed by atoms with van der Waals surface area (Å²) in [6.45, 7) is 0. The molecule has 3 nitrogen and oxygen atoms in total. The van der Waals surface area contributed by atoms with Gasteiger partial charge in [-0.2, -0.15) is 5.26 Å². The van der Waals surface area contributed by atoms with E-state index in [1.165, 1.54) is 6.42 Å². The fraction of sp³-hybridized carbons (Fsp3) is 0.400. The van der Waals surface area contributed by atoms with Crippen LogP contribution in [0.1, 0.15) is 24.8 Å². The first-order valence-electron chi connectivity index (χ1n) is 4.42. The molecule has 0 saturated heterocycles. The molecule has 0 aromatic carbocycles. The van der Waals surface area contributed by atoms with E-state index < -0.39 is 0 Å². The normalized spacial score (nSPS) is 15.9. The van der Waals surface area contributed by atoms with Crippen LogP contribution in [0.3, 0.4) is 0 Å². The molecule has 1 saturated carbocycles. The Morgan fingerprint density at radius 1 is 1.54 bits per heavy atom. The van der Waals surface area contributed by atoms with E-state index in [1.807, 2.05) is 0 Å². The highest BCUT2D eigenvalue weighted by atomic mass is 16.5. The zero-order valence-electron chi connectivity index (χ0n) is 7.23. The van der Waals surface area contributed by atoms with Gasteiger partial charge in [-0.05, 0) is 31.4 Å². The van der Waals surface area contributed by atoms with Gasteiger partial charge in [0.2, 0.25) is 5.88 Å². The van der Waals surface area contributed by atoms with E-state index in [0.29, 0.717) is 11.4 Å². The van der Waals surface area contributed by atoms with Gasteiger partial charge < -0.3 is 4.74 Å². The highest BCUT2D eigenvalue weighted by Gasteiger charge is 2.20. The Balaban J connectivity index is 2.14. The third-order valence-electron chi connectivity index (χ3n) is 2.22. The summed E-state index contributed by atoms with van der Waals surface area (Å²) in [5.74, 6) is 0.481. The fourth-order valence-corrected chi connectivity index (χ4v) is 1.22. The highest BCUT2D eigenvalue weighted by molar-refractivity contribution is 5.37. The summed E-state index contributed by atoms with van der Waals surface area (Å²) in [6, 6.07) is 5.53. The smallest absolute Gasteiger partial charge is 0.231 e. The van der Waals surface area contributed by atoms with E-state index >= 15 is 0 Å². The lowest BCUT2D eigenvalue weighted by Crippen LogP contribution is -2.25. The van der Waals surface area contributed by atoms with Gasteiger partial charge in [-0.3, -0.25) is 0 Å². The lowest BCUT2D eigenvalue weighted by molar-refractivity contribution is 0.114. The third kappa shape index (κ3) is 1.62. The highest BCUT2D eigenvalue weighted by Crippen LogP contribution is 2.25. The summed E-state index contributed by atoms with van der Waals surface area (Å²) >= 11 is 0. The number of nitriles is 1. The summed E-state index contributed by atoms with van der Waals surface area (Å²) in [6.07, 6.45) is 5.32. The Labute approximate surface area is 77.0 Å². The van der Waals surface area contributed by atoms with Crippen molar-refractivity contribution in [3.63, 3.8) is 0 Å². The molecule has 1 heterocycles. The zero-order valence-corrected chi connectivity index (χ0v) is 7.23. The van der Waals surface area contributed by atoms with Crippen molar-refractivity contribution in [3.05, 3.63) is 23.9 Å². The van der Waals surface area contributed by atoms with Crippen molar-refractivity contribution in [1.82, 2.24) is 4.98 Å². The van der Waals surface area contributed by atoms with Crippen LogP contribution in [0.15, 0.2) is 18.3 Å². The van der Waals surface area contributed by atoms with Gasteiger partial charge in [0.25, 0.3) is 0 Å². The van der Waals surface area contributed by atoms with Crippen LogP contribution in [0.4, 0.5) is 0 Å². The summed E-state index contributed by atoms with van der Waals surface area (Å²) in [5.41, 5.74) is 0.523. The fourth-order valence-electron chi connectivity index (χ4n) is 1.22. The van der Waals surface area contributed by atoms with Crippen LogP contribution in [0.25, 0.3) is 0 Å². The van der Waals surface area contributed by atoms with Crippen LogP contribution in [0.5, 0.6) is 5.88 Å². The predicted octanol–water partition coefficient (Wildman–Crippen LogP) is 1.88. The van der Waals surface area contributed by atoms with E-state index in [4.69, 9.17) is 10.00 Å². The van der Waals surface area contributed by atoms with Crippen molar-refractivity contribution in [2.24, 2.45) is 0 Å². The zero-order chi connectivity index (χ0) is 9.10. The standard InChI is InChI=1S/C10H10N2O/c11-7-8-3-2-6-12-10(8)13-9-4-1-5-9/h2-3,6,9H,1,4-5H2. The van der Waals surface area contributed by atoms with Gasteiger partial charge in [-0.15, -0.1) is 0 Å². The maximum atomic E-state index is 8.75. The van der Waals surface area contributed by atoms with Crippen molar-refractivity contribution in [1.29, 1.82) is 5.26 Å². The minimum absolute atomic E-state index is 0.280. The quantitative estimate of drug-likeness (QED) is 0.687. The van der Waals surface area contributed by atoms with Crippen LogP contribution < -0.4 is 4.74 Å². The number of hydrogen-bond acceptors (Lipinski definition) is 3. The molecule has 0 radical (unpaired) electrons. The number of nitrogens with zero attached hydrogens (tertiary/aromatic N) is 2. The summed E-state index contributed by atoms with van der Waals surface area (Å²) < 4.78 is 5.54. The maximum absolute atomic E-state index is 8.75. The Morgan fingerprint density at radius 2 is 2.38 bits per heavy atom. The second-order valence-electron chi connectivity index (χ2n) is 3.14. The first kappa shape index (κ1) is 8.06. The molecule has 3 heteroatoms. The molecule has 1 aromatic rings. The van der Waals surface area contributed by atoms with Gasteiger partial charge in [0.15, 0.2) is 0 Å². The molecule has 13 heavy (non-hydrogen) atoms. The minimum Gasteiger partial charge on any atom is -0.473 e. The molecular formula is C10H10N2O. The van der Waals surface area contributed by atoms with E-state index in [-0.39, 0.29) is 6.10 Å². The van der Waals surface area contributed by atoms with Crippen molar-refractivity contribution in [2.75, 3.05) is 0 Å². The molecule has 1 aliphatic carbocycles. The molecule has 0 N–H and O–H groups in total. The van der Waals surface area contributed by atoms with Crippen molar-refractivity contribution >= 4 is 0 Å². The number of hydrogen-bond donors (Lipinski definition) is 0. The molecule has 0 unspecified atom stereocenters. The molecule has 0 aliphatic heterocycles.